The van der Waals surface area contributed by atoms with Gasteiger partial charge in [-0.2, -0.15) is 0 Å². The molecule has 5 heteroatoms. The first kappa shape index (κ1) is 24.5. The number of carbonyl (C=O) groups excluding carboxylic acids is 1. The quantitative estimate of drug-likeness (QED) is 0.290. The predicted octanol–water partition coefficient (Wildman–Crippen LogP) is 7.79. The van der Waals surface area contributed by atoms with Gasteiger partial charge in [0.1, 0.15) is 0 Å². The maximum absolute atomic E-state index is 13.1. The molecule has 0 atom stereocenters. The third-order valence-corrected chi connectivity index (χ3v) is 7.47. The highest BCUT2D eigenvalue weighted by Gasteiger charge is 2.23. The standard InChI is InChI=1S/C31H32ClN3O/c1-20-10-14-35(15-11-20)30(36)22-7-8-24(27(32)17-22)26-16-23(18-28-25(26)6-5-12-33-28)21-9-13-34-29(19-21)31(2,3)4/h5-9,12-13,16-20H,10-11,14-15H2,1-4H3. The zero-order valence-corrected chi connectivity index (χ0v) is 22.1. The van der Waals surface area contributed by atoms with Crippen molar-refractivity contribution in [1.82, 2.24) is 14.9 Å². The molecule has 4 aromatic rings. The van der Waals surface area contributed by atoms with Crippen LogP contribution in [0, 0.1) is 5.92 Å². The van der Waals surface area contributed by atoms with Crippen molar-refractivity contribution in [1.29, 1.82) is 0 Å². The molecular formula is C31H32ClN3O. The lowest BCUT2D eigenvalue weighted by molar-refractivity contribution is 0.0697. The second-order valence-corrected chi connectivity index (χ2v) is 11.4. The first-order chi connectivity index (χ1) is 17.2. The number of hydrogen-bond donors (Lipinski definition) is 0. The fourth-order valence-electron chi connectivity index (χ4n) is 4.85. The van der Waals surface area contributed by atoms with Gasteiger partial charge in [0, 0.05) is 58.1 Å². The lowest BCUT2D eigenvalue weighted by atomic mass is 9.89. The smallest absolute Gasteiger partial charge is 0.253 e. The summed E-state index contributed by atoms with van der Waals surface area (Å²) in [5, 5.41) is 1.59. The number of nitrogens with zero attached hydrogens (tertiary/aromatic N) is 3. The van der Waals surface area contributed by atoms with Crippen LogP contribution in [-0.2, 0) is 5.41 Å². The van der Waals surface area contributed by atoms with Crippen molar-refractivity contribution in [2.75, 3.05) is 13.1 Å². The van der Waals surface area contributed by atoms with Crippen molar-refractivity contribution >= 4 is 28.4 Å². The van der Waals surface area contributed by atoms with E-state index in [9.17, 15) is 4.79 Å². The van der Waals surface area contributed by atoms with Gasteiger partial charge in [-0.1, -0.05) is 51.4 Å². The van der Waals surface area contributed by atoms with E-state index in [2.05, 4.69) is 61.9 Å². The van der Waals surface area contributed by atoms with E-state index in [1.165, 1.54) is 0 Å². The van der Waals surface area contributed by atoms with Crippen molar-refractivity contribution in [3.63, 3.8) is 0 Å². The molecule has 184 valence electrons. The Morgan fingerprint density at radius 3 is 2.42 bits per heavy atom. The topological polar surface area (TPSA) is 46.1 Å². The number of benzene rings is 2. The van der Waals surface area contributed by atoms with Crippen molar-refractivity contribution < 1.29 is 4.79 Å². The minimum atomic E-state index is -0.0496. The van der Waals surface area contributed by atoms with Crippen molar-refractivity contribution in [2.24, 2.45) is 5.92 Å². The number of hydrogen-bond acceptors (Lipinski definition) is 3. The highest BCUT2D eigenvalue weighted by molar-refractivity contribution is 6.34. The molecule has 1 amide bonds. The minimum Gasteiger partial charge on any atom is -0.339 e. The fraction of sp³-hybridized carbons (Fsp3) is 0.323. The van der Waals surface area contributed by atoms with Crippen molar-refractivity contribution in [3.8, 4) is 22.3 Å². The van der Waals surface area contributed by atoms with E-state index in [-0.39, 0.29) is 11.3 Å². The van der Waals surface area contributed by atoms with E-state index in [0.29, 0.717) is 16.5 Å². The molecule has 3 heterocycles. The lowest BCUT2D eigenvalue weighted by Crippen LogP contribution is -2.37. The van der Waals surface area contributed by atoms with Crippen LogP contribution in [0.25, 0.3) is 33.2 Å². The molecule has 0 aliphatic carbocycles. The summed E-state index contributed by atoms with van der Waals surface area (Å²) in [4.78, 5) is 24.3. The van der Waals surface area contributed by atoms with Gasteiger partial charge in [0.15, 0.2) is 0 Å². The zero-order chi connectivity index (χ0) is 25.4. The molecule has 2 aromatic heterocycles. The Kier molecular flexibility index (Phi) is 6.57. The fourth-order valence-corrected chi connectivity index (χ4v) is 5.14. The van der Waals surface area contributed by atoms with Crippen LogP contribution in [0.3, 0.4) is 0 Å². The lowest BCUT2D eigenvalue weighted by Gasteiger charge is -2.30. The average molecular weight is 498 g/mol. The average Bonchev–Trinajstić information content (AvgIpc) is 2.88. The molecule has 4 nitrogen and oxygen atoms in total. The van der Waals surface area contributed by atoms with Gasteiger partial charge in [-0.25, -0.2) is 0 Å². The third-order valence-electron chi connectivity index (χ3n) is 7.16. The summed E-state index contributed by atoms with van der Waals surface area (Å²) in [5.74, 6) is 0.733. The van der Waals surface area contributed by atoms with Gasteiger partial charge in [-0.3, -0.25) is 14.8 Å². The van der Waals surface area contributed by atoms with Gasteiger partial charge in [-0.05, 0) is 77.9 Å². The summed E-state index contributed by atoms with van der Waals surface area (Å²) in [7, 11) is 0. The molecule has 0 radical (unpaired) electrons. The van der Waals surface area contributed by atoms with E-state index in [4.69, 9.17) is 11.6 Å². The van der Waals surface area contributed by atoms with Gasteiger partial charge in [-0.15, -0.1) is 0 Å². The van der Waals surface area contributed by atoms with Crippen LogP contribution < -0.4 is 0 Å². The van der Waals surface area contributed by atoms with Crippen LogP contribution in [0.2, 0.25) is 5.02 Å². The molecule has 5 rings (SSSR count). The van der Waals surface area contributed by atoms with E-state index < -0.39 is 0 Å². The van der Waals surface area contributed by atoms with Crippen LogP contribution in [-0.4, -0.2) is 33.9 Å². The number of likely N-dealkylation sites (tertiary alicyclic amines) is 1. The van der Waals surface area contributed by atoms with Gasteiger partial charge in [0.2, 0.25) is 0 Å². The molecule has 0 spiro atoms. The van der Waals surface area contributed by atoms with Gasteiger partial charge < -0.3 is 4.90 Å². The molecule has 36 heavy (non-hydrogen) atoms. The second kappa shape index (κ2) is 9.67. The molecule has 0 bridgehead atoms. The monoisotopic (exact) mass is 497 g/mol. The van der Waals surface area contributed by atoms with Gasteiger partial charge in [0.25, 0.3) is 5.91 Å². The summed E-state index contributed by atoms with van der Waals surface area (Å²) >= 11 is 6.85. The van der Waals surface area contributed by atoms with Crippen LogP contribution >= 0.6 is 11.6 Å². The third kappa shape index (κ3) is 4.87. The Bertz CT molecular complexity index is 1430. The largest absolute Gasteiger partial charge is 0.339 e. The number of piperidine rings is 1. The highest BCUT2D eigenvalue weighted by Crippen LogP contribution is 2.38. The van der Waals surface area contributed by atoms with Crippen LogP contribution in [0.5, 0.6) is 0 Å². The molecule has 2 aromatic carbocycles. The zero-order valence-electron chi connectivity index (χ0n) is 21.4. The molecule has 0 saturated carbocycles. The van der Waals surface area contributed by atoms with Crippen LogP contribution in [0.15, 0.2) is 67.0 Å². The number of amides is 1. The summed E-state index contributed by atoms with van der Waals surface area (Å²) in [5.41, 5.74) is 6.57. The highest BCUT2D eigenvalue weighted by atomic mass is 35.5. The van der Waals surface area contributed by atoms with Crippen molar-refractivity contribution in [2.45, 2.75) is 46.0 Å². The van der Waals surface area contributed by atoms with Gasteiger partial charge >= 0.3 is 0 Å². The van der Waals surface area contributed by atoms with E-state index in [0.717, 1.165) is 64.8 Å². The van der Waals surface area contributed by atoms with E-state index >= 15 is 0 Å². The Labute approximate surface area is 218 Å². The Balaban J connectivity index is 1.57. The van der Waals surface area contributed by atoms with Gasteiger partial charge in [0.05, 0.1) is 5.52 Å². The molecule has 1 aliphatic rings. The Morgan fingerprint density at radius 2 is 1.69 bits per heavy atom. The number of pyridine rings is 2. The normalized spacial score (nSPS) is 14.9. The molecule has 1 fully saturated rings. The van der Waals surface area contributed by atoms with E-state index in [1.807, 2.05) is 47.6 Å². The predicted molar refractivity (Wildman–Crippen MR) is 148 cm³/mol. The maximum Gasteiger partial charge on any atom is 0.253 e. The molecule has 1 aliphatic heterocycles. The Hall–Kier alpha value is -3.24. The number of carbonyl (C=O) groups is 1. The molecule has 0 N–H and O–H groups in total. The molecule has 0 unspecified atom stereocenters. The number of fused-ring (bicyclic) bond motifs is 1. The molecular weight excluding hydrogens is 466 g/mol. The van der Waals surface area contributed by atoms with E-state index in [1.54, 1.807) is 0 Å². The van der Waals surface area contributed by atoms with Crippen LogP contribution in [0.1, 0.15) is 56.6 Å². The summed E-state index contributed by atoms with van der Waals surface area (Å²) in [6.45, 7) is 10.4. The number of rotatable bonds is 3. The Morgan fingerprint density at radius 1 is 0.917 bits per heavy atom. The number of aromatic nitrogens is 2. The maximum atomic E-state index is 13.1. The first-order valence-corrected chi connectivity index (χ1v) is 13.0. The SMILES string of the molecule is CC1CCN(C(=O)c2ccc(-c3cc(-c4ccnc(C(C)(C)C)c4)cc4ncccc34)c(Cl)c2)CC1. The first-order valence-electron chi connectivity index (χ1n) is 12.7. The summed E-state index contributed by atoms with van der Waals surface area (Å²) in [6.07, 6.45) is 5.78. The second-order valence-electron chi connectivity index (χ2n) is 10.9. The van der Waals surface area contributed by atoms with Crippen LogP contribution in [0.4, 0.5) is 0 Å². The van der Waals surface area contributed by atoms with Crippen molar-refractivity contribution in [3.05, 3.63) is 83.3 Å². The molecule has 1 saturated heterocycles. The summed E-state index contributed by atoms with van der Waals surface area (Å²) < 4.78 is 0. The summed E-state index contributed by atoms with van der Waals surface area (Å²) in [6, 6.07) is 18.2. The number of halogens is 1. The minimum absolute atomic E-state index is 0.0496.